The van der Waals surface area contributed by atoms with Crippen LogP contribution in [0.1, 0.15) is 29.5 Å². The van der Waals surface area contributed by atoms with Gasteiger partial charge in [-0.2, -0.15) is 0 Å². The number of carboxylic acid groups (broad SMARTS) is 1. The smallest absolute Gasteiger partial charge is 0.338 e. The van der Waals surface area contributed by atoms with Crippen molar-refractivity contribution >= 4 is 40.7 Å². The van der Waals surface area contributed by atoms with Gasteiger partial charge in [-0.1, -0.05) is 17.7 Å². The second-order valence-electron chi connectivity index (χ2n) is 8.05. The molecule has 0 aliphatic carbocycles. The van der Waals surface area contributed by atoms with Crippen molar-refractivity contribution in [3.8, 4) is 0 Å². The number of ether oxygens (including phenoxy) is 1. The molecule has 4 rings (SSSR count). The first kappa shape index (κ1) is 25.1. The molecule has 0 saturated carbocycles. The van der Waals surface area contributed by atoms with Crippen LogP contribution in [0.15, 0.2) is 46.0 Å². The number of thiazole rings is 1. The molecule has 1 saturated heterocycles. The molecule has 2 aromatic rings. The highest BCUT2D eigenvalue weighted by Crippen LogP contribution is 2.38. The van der Waals surface area contributed by atoms with Crippen molar-refractivity contribution in [2.24, 2.45) is 4.99 Å². The van der Waals surface area contributed by atoms with E-state index in [9.17, 15) is 27.9 Å². The number of aliphatic imine (C=N–C) groups is 1. The number of carboxylic acids is 1. The molecule has 0 radical (unpaired) electrons. The number of alkyl halides is 2. The van der Waals surface area contributed by atoms with E-state index >= 15 is 0 Å². The Bertz CT molecular complexity index is 1210. The van der Waals surface area contributed by atoms with E-state index in [1.807, 2.05) is 0 Å². The minimum atomic E-state index is -3.10. The number of benzene rings is 1. The average molecular weight is 529 g/mol. The number of hydrogen-bond acceptors (Lipinski definition) is 8. The van der Waals surface area contributed by atoms with E-state index in [2.05, 4.69) is 15.3 Å². The standard InChI is InChI=1S/C22H20ClF3N4O4S/c1-34-21(33)16-14(9-30-10-22(25,26)5-4-15(30)20(31)32)28-18(19-27-6-7-35-19)29-17(16)12-3-2-11(24)8-13(12)23/h2-3,6-8,15,17H,4-5,9-10H2,1H3,(H,28,29)(H,31,32)/t15-,17?/m1/s1. The number of carbonyl (C=O) groups excluding carboxylic acids is 1. The lowest BCUT2D eigenvalue weighted by atomic mass is 9.94. The Morgan fingerprint density at radius 2 is 2.17 bits per heavy atom. The number of halogens is 4. The van der Waals surface area contributed by atoms with Crippen LogP contribution >= 0.6 is 22.9 Å². The molecule has 13 heteroatoms. The second-order valence-corrected chi connectivity index (χ2v) is 9.35. The number of likely N-dealkylation sites (tertiary alicyclic amines) is 1. The maximum Gasteiger partial charge on any atom is 0.338 e. The van der Waals surface area contributed by atoms with Crippen LogP contribution in [0.2, 0.25) is 5.02 Å². The summed E-state index contributed by atoms with van der Waals surface area (Å²) in [4.78, 5) is 34.6. The molecule has 2 aliphatic heterocycles. The maximum atomic E-state index is 14.3. The Kier molecular flexibility index (Phi) is 7.15. The molecule has 0 amide bonds. The molecule has 1 fully saturated rings. The Morgan fingerprint density at radius 1 is 1.40 bits per heavy atom. The monoisotopic (exact) mass is 528 g/mol. The summed E-state index contributed by atoms with van der Waals surface area (Å²) < 4.78 is 47.2. The van der Waals surface area contributed by atoms with Gasteiger partial charge < -0.3 is 15.2 Å². The van der Waals surface area contributed by atoms with Crippen molar-refractivity contribution < 1.29 is 32.6 Å². The maximum absolute atomic E-state index is 14.3. The molecule has 1 aromatic heterocycles. The molecule has 1 unspecified atom stereocenters. The van der Waals surface area contributed by atoms with Gasteiger partial charge in [0.2, 0.25) is 0 Å². The summed E-state index contributed by atoms with van der Waals surface area (Å²) in [6.07, 6.45) is 0.717. The normalized spacial score (nSPS) is 22.4. The summed E-state index contributed by atoms with van der Waals surface area (Å²) in [6.45, 7) is -1.15. The molecule has 3 heterocycles. The fourth-order valence-electron chi connectivity index (χ4n) is 4.13. The number of nitrogens with zero attached hydrogens (tertiary/aromatic N) is 3. The number of amidine groups is 1. The number of methoxy groups -OCH3 is 1. The van der Waals surface area contributed by atoms with Crippen molar-refractivity contribution in [1.82, 2.24) is 15.2 Å². The van der Waals surface area contributed by atoms with Crippen LogP contribution in [-0.4, -0.2) is 64.9 Å². The Labute approximate surface area is 207 Å². The number of carbonyl (C=O) groups is 2. The first-order chi connectivity index (χ1) is 16.6. The lowest BCUT2D eigenvalue weighted by molar-refractivity contribution is -0.151. The van der Waals surface area contributed by atoms with Crippen LogP contribution in [0.4, 0.5) is 13.2 Å². The lowest BCUT2D eigenvalue weighted by Gasteiger charge is -2.38. The highest BCUT2D eigenvalue weighted by atomic mass is 35.5. The summed E-state index contributed by atoms with van der Waals surface area (Å²) in [5.41, 5.74) is 0.339. The summed E-state index contributed by atoms with van der Waals surface area (Å²) >= 11 is 7.52. The van der Waals surface area contributed by atoms with E-state index in [-0.39, 0.29) is 40.7 Å². The molecule has 0 spiro atoms. The first-order valence-electron chi connectivity index (χ1n) is 10.5. The van der Waals surface area contributed by atoms with Gasteiger partial charge in [0.15, 0.2) is 10.8 Å². The van der Waals surface area contributed by atoms with Crippen LogP contribution in [-0.2, 0) is 14.3 Å². The largest absolute Gasteiger partial charge is 0.480 e. The van der Waals surface area contributed by atoms with Crippen LogP contribution in [0, 0.1) is 5.82 Å². The summed E-state index contributed by atoms with van der Waals surface area (Å²) in [6, 6.07) is 1.32. The van der Waals surface area contributed by atoms with E-state index in [1.165, 1.54) is 23.6 Å². The predicted octanol–water partition coefficient (Wildman–Crippen LogP) is 3.64. The second kappa shape index (κ2) is 9.96. The quantitative estimate of drug-likeness (QED) is 0.552. The van der Waals surface area contributed by atoms with Crippen LogP contribution in [0.5, 0.6) is 0 Å². The van der Waals surface area contributed by atoms with Crippen molar-refractivity contribution in [2.75, 3.05) is 20.2 Å². The van der Waals surface area contributed by atoms with E-state index in [0.29, 0.717) is 5.01 Å². The number of aromatic nitrogens is 1. The molecular weight excluding hydrogens is 509 g/mol. The van der Waals surface area contributed by atoms with Crippen LogP contribution in [0.3, 0.4) is 0 Å². The molecule has 0 bridgehead atoms. The molecule has 8 nitrogen and oxygen atoms in total. The number of nitrogens with one attached hydrogen (secondary N) is 1. The van der Waals surface area contributed by atoms with E-state index in [1.54, 1.807) is 5.38 Å². The van der Waals surface area contributed by atoms with Crippen molar-refractivity contribution in [2.45, 2.75) is 30.8 Å². The Morgan fingerprint density at radius 3 is 2.80 bits per heavy atom. The third-order valence-electron chi connectivity index (χ3n) is 5.73. The first-order valence-corrected chi connectivity index (χ1v) is 11.7. The lowest BCUT2D eigenvalue weighted by Crippen LogP contribution is -2.54. The average Bonchev–Trinajstić information content (AvgIpc) is 3.32. The molecule has 2 aliphatic rings. The van der Waals surface area contributed by atoms with Gasteiger partial charge in [0.1, 0.15) is 17.9 Å². The highest BCUT2D eigenvalue weighted by Gasteiger charge is 2.44. The van der Waals surface area contributed by atoms with Gasteiger partial charge in [0.25, 0.3) is 5.92 Å². The molecular formula is C22H20ClF3N4O4S. The molecule has 186 valence electrons. The number of aliphatic carboxylic acids is 1. The number of piperidine rings is 1. The van der Waals surface area contributed by atoms with E-state index in [4.69, 9.17) is 16.3 Å². The van der Waals surface area contributed by atoms with Gasteiger partial charge >= 0.3 is 11.9 Å². The van der Waals surface area contributed by atoms with Crippen molar-refractivity contribution in [3.63, 3.8) is 0 Å². The topological polar surface area (TPSA) is 104 Å². The zero-order chi connectivity index (χ0) is 25.3. The fourth-order valence-corrected chi connectivity index (χ4v) is 4.99. The fraction of sp³-hybridized carbons (Fsp3) is 0.364. The van der Waals surface area contributed by atoms with Gasteiger partial charge in [-0.05, 0) is 18.6 Å². The SMILES string of the molecule is COC(=O)C1=C(CN2CC(F)(F)CC[C@@H]2C(=O)O)NC(c2nccs2)=NC1c1ccc(F)cc1Cl. The third kappa shape index (κ3) is 5.34. The highest BCUT2D eigenvalue weighted by molar-refractivity contribution is 7.11. The molecule has 2 N–H and O–H groups in total. The number of rotatable bonds is 6. The van der Waals surface area contributed by atoms with Crippen LogP contribution in [0.25, 0.3) is 0 Å². The van der Waals surface area contributed by atoms with Crippen molar-refractivity contribution in [1.29, 1.82) is 0 Å². The van der Waals surface area contributed by atoms with Gasteiger partial charge in [-0.25, -0.2) is 22.9 Å². The van der Waals surface area contributed by atoms with E-state index < -0.39 is 48.7 Å². The predicted molar refractivity (Wildman–Crippen MR) is 122 cm³/mol. The van der Waals surface area contributed by atoms with Gasteiger partial charge in [0.05, 0.1) is 19.2 Å². The minimum absolute atomic E-state index is 0.00666. The zero-order valence-electron chi connectivity index (χ0n) is 18.3. The Balaban J connectivity index is 1.84. The number of esters is 1. The van der Waals surface area contributed by atoms with Crippen molar-refractivity contribution in [3.05, 3.63) is 62.5 Å². The van der Waals surface area contributed by atoms with E-state index in [0.717, 1.165) is 24.1 Å². The molecule has 2 atom stereocenters. The van der Waals surface area contributed by atoms with Crippen LogP contribution < -0.4 is 5.32 Å². The molecule has 1 aromatic carbocycles. The zero-order valence-corrected chi connectivity index (χ0v) is 19.9. The minimum Gasteiger partial charge on any atom is -0.480 e. The summed E-state index contributed by atoms with van der Waals surface area (Å²) in [7, 11) is 1.14. The Hall–Kier alpha value is -2.96. The third-order valence-corrected chi connectivity index (χ3v) is 6.84. The number of hydrogen-bond donors (Lipinski definition) is 2. The molecule has 35 heavy (non-hydrogen) atoms. The van der Waals surface area contributed by atoms with Gasteiger partial charge in [0, 0.05) is 40.8 Å². The summed E-state index contributed by atoms with van der Waals surface area (Å²) in [5, 5.41) is 14.7. The van der Waals surface area contributed by atoms with Gasteiger partial charge in [-0.3, -0.25) is 14.7 Å². The van der Waals surface area contributed by atoms with Gasteiger partial charge in [-0.15, -0.1) is 11.3 Å². The summed E-state index contributed by atoms with van der Waals surface area (Å²) in [5.74, 6) is -5.54.